The Labute approximate surface area is 117 Å². The van der Waals surface area contributed by atoms with E-state index in [0.717, 1.165) is 16.8 Å². The van der Waals surface area contributed by atoms with Crippen LogP contribution in [0.5, 0.6) is 0 Å². The molecule has 20 heavy (non-hydrogen) atoms. The second-order valence-corrected chi connectivity index (χ2v) is 5.49. The first-order chi connectivity index (χ1) is 9.63. The van der Waals surface area contributed by atoms with Crippen molar-refractivity contribution in [3.8, 4) is 0 Å². The maximum Gasteiger partial charge on any atom is 0.130 e. The number of fused-ring (bicyclic) bond motifs is 1. The molecule has 3 rings (SSSR count). The van der Waals surface area contributed by atoms with Gasteiger partial charge in [-0.1, -0.05) is 6.08 Å². The molecule has 0 radical (unpaired) electrons. The average Bonchev–Trinajstić information content (AvgIpc) is 2.97. The van der Waals surface area contributed by atoms with Gasteiger partial charge in [0, 0.05) is 24.5 Å². The van der Waals surface area contributed by atoms with E-state index < -0.39 is 12.2 Å². The Bertz CT molecular complexity index is 546. The van der Waals surface area contributed by atoms with Crippen LogP contribution < -0.4 is 5.73 Å². The Hall–Kier alpha value is -1.50. The van der Waals surface area contributed by atoms with Crippen LogP contribution in [0.1, 0.15) is 17.7 Å². The third-order valence-corrected chi connectivity index (χ3v) is 4.36. The fourth-order valence-electron chi connectivity index (χ4n) is 3.33. The predicted molar refractivity (Wildman–Crippen MR) is 73.6 cm³/mol. The van der Waals surface area contributed by atoms with Crippen LogP contribution in [0.2, 0.25) is 0 Å². The van der Waals surface area contributed by atoms with Crippen molar-refractivity contribution in [2.45, 2.75) is 25.0 Å². The van der Waals surface area contributed by atoms with E-state index in [4.69, 9.17) is 10.5 Å². The summed E-state index contributed by atoms with van der Waals surface area (Å²) in [5.74, 6) is 0.313. The van der Waals surface area contributed by atoms with Gasteiger partial charge in [-0.05, 0) is 18.4 Å². The zero-order chi connectivity index (χ0) is 14.3. The van der Waals surface area contributed by atoms with Gasteiger partial charge in [-0.3, -0.25) is 0 Å². The summed E-state index contributed by atoms with van der Waals surface area (Å²) in [7, 11) is 1.60. The van der Waals surface area contributed by atoms with E-state index in [2.05, 4.69) is 9.97 Å². The van der Waals surface area contributed by atoms with E-state index in [9.17, 15) is 10.2 Å². The SMILES string of the molecule is COC[C@H]1C[C@@H](C2=CCc3c(N)ncnc32)[C@H](O)[C@@H]1O. The molecule has 6 nitrogen and oxygen atoms in total. The van der Waals surface area contributed by atoms with Gasteiger partial charge in [0.15, 0.2) is 0 Å². The van der Waals surface area contributed by atoms with Crippen molar-refractivity contribution < 1.29 is 14.9 Å². The molecule has 0 aromatic carbocycles. The molecule has 108 valence electrons. The van der Waals surface area contributed by atoms with Crippen molar-refractivity contribution in [3.05, 3.63) is 23.7 Å². The number of nitrogens with two attached hydrogens (primary N) is 1. The molecule has 0 saturated heterocycles. The van der Waals surface area contributed by atoms with E-state index in [1.807, 2.05) is 6.08 Å². The average molecular weight is 277 g/mol. The third kappa shape index (κ3) is 2.00. The van der Waals surface area contributed by atoms with E-state index in [1.165, 1.54) is 6.33 Å². The summed E-state index contributed by atoms with van der Waals surface area (Å²) < 4.78 is 5.11. The van der Waals surface area contributed by atoms with Crippen LogP contribution in [0.4, 0.5) is 5.82 Å². The highest BCUT2D eigenvalue weighted by Gasteiger charge is 2.44. The van der Waals surface area contributed by atoms with Gasteiger partial charge < -0.3 is 20.7 Å². The van der Waals surface area contributed by atoms with Crippen LogP contribution in [0.25, 0.3) is 5.57 Å². The molecule has 0 bridgehead atoms. The van der Waals surface area contributed by atoms with Gasteiger partial charge in [0.1, 0.15) is 12.1 Å². The van der Waals surface area contributed by atoms with Gasteiger partial charge in [0.2, 0.25) is 0 Å². The van der Waals surface area contributed by atoms with E-state index in [1.54, 1.807) is 7.11 Å². The minimum atomic E-state index is -0.788. The largest absolute Gasteiger partial charge is 0.390 e. The summed E-state index contributed by atoms with van der Waals surface area (Å²) in [4.78, 5) is 8.28. The number of aliphatic hydroxyl groups is 2. The van der Waals surface area contributed by atoms with Crippen molar-refractivity contribution >= 4 is 11.4 Å². The van der Waals surface area contributed by atoms with Gasteiger partial charge in [0.25, 0.3) is 0 Å². The second kappa shape index (κ2) is 5.12. The maximum absolute atomic E-state index is 10.3. The smallest absolute Gasteiger partial charge is 0.130 e. The highest BCUT2D eigenvalue weighted by atomic mass is 16.5. The molecule has 1 saturated carbocycles. The van der Waals surface area contributed by atoms with Crippen molar-refractivity contribution in [1.29, 1.82) is 0 Å². The van der Waals surface area contributed by atoms with E-state index in [-0.39, 0.29) is 11.8 Å². The summed E-state index contributed by atoms with van der Waals surface area (Å²) in [6, 6.07) is 0. The zero-order valence-corrected chi connectivity index (χ0v) is 11.4. The molecule has 1 aromatic rings. The van der Waals surface area contributed by atoms with Crippen LogP contribution in [-0.4, -0.2) is 46.1 Å². The number of aromatic nitrogens is 2. The molecular formula is C14H19N3O3. The Morgan fingerprint density at radius 2 is 2.15 bits per heavy atom. The van der Waals surface area contributed by atoms with Crippen molar-refractivity contribution in [2.75, 3.05) is 19.5 Å². The number of hydrogen-bond acceptors (Lipinski definition) is 6. The quantitative estimate of drug-likeness (QED) is 0.719. The van der Waals surface area contributed by atoms with Crippen LogP contribution >= 0.6 is 0 Å². The first kappa shape index (κ1) is 13.5. The van der Waals surface area contributed by atoms with Crippen LogP contribution in [-0.2, 0) is 11.2 Å². The van der Waals surface area contributed by atoms with Crippen molar-refractivity contribution in [3.63, 3.8) is 0 Å². The number of nitrogens with zero attached hydrogens (tertiary/aromatic N) is 2. The number of hydrogen-bond donors (Lipinski definition) is 3. The summed E-state index contributed by atoms with van der Waals surface area (Å²) in [6.07, 6.45) is 3.30. The monoisotopic (exact) mass is 277 g/mol. The van der Waals surface area contributed by atoms with Gasteiger partial charge >= 0.3 is 0 Å². The lowest BCUT2D eigenvalue weighted by atomic mass is 9.93. The Morgan fingerprint density at radius 1 is 1.35 bits per heavy atom. The summed E-state index contributed by atoms with van der Waals surface area (Å²) in [6.45, 7) is 0.445. The lowest BCUT2D eigenvalue weighted by molar-refractivity contribution is -0.00549. The van der Waals surface area contributed by atoms with Crippen LogP contribution in [0.15, 0.2) is 12.4 Å². The van der Waals surface area contributed by atoms with Crippen molar-refractivity contribution in [2.24, 2.45) is 11.8 Å². The van der Waals surface area contributed by atoms with Gasteiger partial charge in [0.05, 0.1) is 24.5 Å². The molecule has 2 aliphatic rings. The van der Waals surface area contributed by atoms with E-state index in [0.29, 0.717) is 25.3 Å². The fraction of sp³-hybridized carbons (Fsp3) is 0.571. The Kier molecular flexibility index (Phi) is 3.45. The molecule has 0 amide bonds. The minimum absolute atomic E-state index is 0.0517. The predicted octanol–water partition coefficient (Wildman–Crippen LogP) is 0.00260. The number of ether oxygens (including phenoxy) is 1. The van der Waals surface area contributed by atoms with Gasteiger partial charge in [-0.25, -0.2) is 9.97 Å². The van der Waals surface area contributed by atoms with Gasteiger partial charge in [-0.2, -0.15) is 0 Å². The zero-order valence-electron chi connectivity index (χ0n) is 11.4. The lowest BCUT2D eigenvalue weighted by Gasteiger charge is -2.18. The second-order valence-electron chi connectivity index (χ2n) is 5.49. The first-order valence-corrected chi connectivity index (χ1v) is 6.78. The molecule has 4 N–H and O–H groups in total. The maximum atomic E-state index is 10.3. The fourth-order valence-corrected chi connectivity index (χ4v) is 3.33. The Morgan fingerprint density at radius 3 is 2.90 bits per heavy atom. The molecule has 1 fully saturated rings. The standard InChI is InChI=1S/C14H19N3O3/c1-20-5-7-4-10(13(19)12(7)18)8-2-3-9-11(8)16-6-17-14(9)15/h2,6-7,10,12-13,18-19H,3-5H2,1H3,(H2,15,16,17)/t7-,10+,12-,13+/m1/s1. The molecule has 0 unspecified atom stereocenters. The molecule has 0 spiro atoms. The van der Waals surface area contributed by atoms with Crippen LogP contribution in [0.3, 0.4) is 0 Å². The topological polar surface area (TPSA) is 101 Å². The number of anilines is 1. The normalized spacial score (nSPS) is 32.2. The van der Waals surface area contributed by atoms with Gasteiger partial charge in [-0.15, -0.1) is 0 Å². The van der Waals surface area contributed by atoms with E-state index >= 15 is 0 Å². The lowest BCUT2D eigenvalue weighted by Crippen LogP contribution is -2.30. The molecule has 6 heteroatoms. The highest BCUT2D eigenvalue weighted by molar-refractivity contribution is 5.75. The molecule has 4 atom stereocenters. The molecule has 0 aliphatic heterocycles. The Balaban J connectivity index is 1.88. The molecule has 1 aromatic heterocycles. The van der Waals surface area contributed by atoms with Crippen molar-refractivity contribution in [1.82, 2.24) is 9.97 Å². The number of allylic oxidation sites excluding steroid dienone is 1. The minimum Gasteiger partial charge on any atom is -0.390 e. The summed E-state index contributed by atoms with van der Waals surface area (Å²) in [5, 5.41) is 20.4. The molecule has 1 heterocycles. The number of aliphatic hydroxyl groups excluding tert-OH is 2. The number of rotatable bonds is 3. The number of methoxy groups -OCH3 is 1. The van der Waals surface area contributed by atoms with Crippen LogP contribution in [0, 0.1) is 11.8 Å². The molecular weight excluding hydrogens is 258 g/mol. The summed E-state index contributed by atoms with van der Waals surface area (Å²) >= 11 is 0. The summed E-state index contributed by atoms with van der Waals surface area (Å²) in [5.41, 5.74) is 8.55. The number of nitrogen functional groups attached to an aromatic ring is 1. The first-order valence-electron chi connectivity index (χ1n) is 6.78. The highest BCUT2D eigenvalue weighted by Crippen LogP contribution is 2.43. The molecule has 2 aliphatic carbocycles. The third-order valence-electron chi connectivity index (χ3n) is 4.36.